The van der Waals surface area contributed by atoms with Gasteiger partial charge < -0.3 is 9.94 Å². The second kappa shape index (κ2) is 12.9. The Hall–Kier alpha value is -0.120. The number of nitrogens with zero attached hydrogens (tertiary/aromatic N) is 1. The first-order chi connectivity index (χ1) is 9.27. The summed E-state index contributed by atoms with van der Waals surface area (Å²) in [4.78, 5) is 0. The van der Waals surface area contributed by atoms with Crippen molar-refractivity contribution in [2.45, 2.75) is 78.7 Å². The molecule has 1 aliphatic rings. The molecule has 0 aromatic heterocycles. The zero-order valence-electron chi connectivity index (χ0n) is 13.5. The maximum atomic E-state index is 9.69. The topological polar surface area (TPSA) is 32.7 Å². The van der Waals surface area contributed by atoms with Crippen LogP contribution in [0.2, 0.25) is 0 Å². The highest BCUT2D eigenvalue weighted by molar-refractivity contribution is 4.70. The molecule has 1 aliphatic heterocycles. The van der Waals surface area contributed by atoms with Crippen LogP contribution in [0.1, 0.15) is 72.6 Å². The second-order valence-electron chi connectivity index (χ2n) is 5.27. The van der Waals surface area contributed by atoms with Crippen LogP contribution in [0.3, 0.4) is 0 Å². The molecular formula is C16H35NO2. The number of ether oxygens (including phenoxy) is 1. The quantitative estimate of drug-likeness (QED) is 0.707. The van der Waals surface area contributed by atoms with Crippen molar-refractivity contribution < 1.29 is 9.94 Å². The molecule has 1 rings (SSSR count). The van der Waals surface area contributed by atoms with E-state index in [1.807, 2.05) is 13.8 Å². The fourth-order valence-corrected chi connectivity index (χ4v) is 2.77. The van der Waals surface area contributed by atoms with Gasteiger partial charge in [0, 0.05) is 6.54 Å². The molecule has 3 heteroatoms. The van der Waals surface area contributed by atoms with E-state index in [1.165, 1.54) is 43.6 Å². The van der Waals surface area contributed by atoms with Crippen molar-refractivity contribution in [3.63, 3.8) is 0 Å². The number of rotatable bonds is 8. The summed E-state index contributed by atoms with van der Waals surface area (Å²) >= 11 is 0. The lowest BCUT2D eigenvalue weighted by Gasteiger charge is -2.30. The predicted molar refractivity (Wildman–Crippen MR) is 81.6 cm³/mol. The summed E-state index contributed by atoms with van der Waals surface area (Å²) in [5, 5.41) is 11.2. The van der Waals surface area contributed by atoms with Gasteiger partial charge in [-0.1, -0.05) is 66.2 Å². The van der Waals surface area contributed by atoms with Gasteiger partial charge in [0.05, 0.1) is 19.3 Å². The summed E-state index contributed by atoms with van der Waals surface area (Å²) in [6, 6.07) is 0.229. The summed E-state index contributed by atoms with van der Waals surface area (Å²) in [7, 11) is 0. The zero-order valence-corrected chi connectivity index (χ0v) is 13.5. The average molecular weight is 273 g/mol. The lowest BCUT2D eigenvalue weighted by molar-refractivity contribution is -0.182. The Kier molecular flexibility index (Phi) is 12.8. The van der Waals surface area contributed by atoms with Crippen molar-refractivity contribution >= 4 is 0 Å². The summed E-state index contributed by atoms with van der Waals surface area (Å²) < 4.78 is 5.40. The molecule has 0 radical (unpaired) electrons. The molecule has 0 aromatic rings. The minimum Gasteiger partial charge on any atom is -0.378 e. The second-order valence-corrected chi connectivity index (χ2v) is 5.27. The van der Waals surface area contributed by atoms with Gasteiger partial charge in [0.2, 0.25) is 0 Å². The molecule has 1 N–H and O–H groups in total. The van der Waals surface area contributed by atoms with Crippen LogP contribution in [0.4, 0.5) is 0 Å². The Morgan fingerprint density at radius 2 is 1.79 bits per heavy atom. The molecule has 0 aliphatic carbocycles. The van der Waals surface area contributed by atoms with E-state index >= 15 is 0 Å². The summed E-state index contributed by atoms with van der Waals surface area (Å²) in [6.07, 6.45) is 8.91. The molecule has 1 atom stereocenters. The molecule has 0 aromatic carbocycles. The van der Waals surface area contributed by atoms with Gasteiger partial charge in [-0.05, 0) is 12.3 Å². The van der Waals surface area contributed by atoms with Crippen molar-refractivity contribution in [2.24, 2.45) is 5.92 Å². The van der Waals surface area contributed by atoms with Crippen LogP contribution >= 0.6 is 0 Å². The van der Waals surface area contributed by atoms with Crippen LogP contribution in [0.5, 0.6) is 0 Å². The maximum absolute atomic E-state index is 9.69. The van der Waals surface area contributed by atoms with E-state index in [9.17, 15) is 5.21 Å². The van der Waals surface area contributed by atoms with Crippen molar-refractivity contribution in [2.75, 3.05) is 19.8 Å². The molecule has 0 amide bonds. The predicted octanol–water partition coefficient (Wildman–Crippen LogP) is 4.49. The number of morpholine rings is 1. The Bertz CT molecular complexity index is 182. The molecule has 116 valence electrons. The van der Waals surface area contributed by atoms with Crippen molar-refractivity contribution in [1.82, 2.24) is 5.06 Å². The minimum absolute atomic E-state index is 0.229. The first-order valence-corrected chi connectivity index (χ1v) is 8.31. The van der Waals surface area contributed by atoms with E-state index in [4.69, 9.17) is 4.74 Å². The van der Waals surface area contributed by atoms with Crippen LogP contribution in [-0.2, 0) is 4.74 Å². The molecule has 1 fully saturated rings. The van der Waals surface area contributed by atoms with Crippen LogP contribution in [-0.4, -0.2) is 36.1 Å². The van der Waals surface area contributed by atoms with Gasteiger partial charge in [0.1, 0.15) is 0 Å². The smallest absolute Gasteiger partial charge is 0.0645 e. The Labute approximate surface area is 120 Å². The van der Waals surface area contributed by atoms with E-state index in [0.717, 1.165) is 12.3 Å². The van der Waals surface area contributed by atoms with Gasteiger partial charge in [0.25, 0.3) is 0 Å². The number of hydroxylamine groups is 2. The van der Waals surface area contributed by atoms with E-state index < -0.39 is 0 Å². The SMILES string of the molecule is CC.CCCC(CCC)CCCC1COCCN1O. The van der Waals surface area contributed by atoms with Crippen LogP contribution in [0, 0.1) is 5.92 Å². The molecule has 19 heavy (non-hydrogen) atoms. The van der Waals surface area contributed by atoms with Crippen molar-refractivity contribution in [3.8, 4) is 0 Å². The van der Waals surface area contributed by atoms with E-state index in [1.54, 1.807) is 0 Å². The molecular weight excluding hydrogens is 238 g/mol. The summed E-state index contributed by atoms with van der Waals surface area (Å²) in [5.74, 6) is 0.890. The Morgan fingerprint density at radius 3 is 2.32 bits per heavy atom. The standard InChI is InChI=1S/C14H29NO2.C2H6/c1-3-6-13(7-4-2)8-5-9-14-12-17-11-10-15(14)16;1-2/h13-14,16H,3-12H2,1-2H3;1-2H3. The first-order valence-electron chi connectivity index (χ1n) is 8.31. The molecule has 3 nitrogen and oxygen atoms in total. The number of hydrogen-bond acceptors (Lipinski definition) is 3. The Balaban J connectivity index is 0.00000154. The lowest BCUT2D eigenvalue weighted by Crippen LogP contribution is -2.43. The molecule has 0 spiro atoms. The van der Waals surface area contributed by atoms with Crippen LogP contribution < -0.4 is 0 Å². The minimum atomic E-state index is 0.229. The van der Waals surface area contributed by atoms with Gasteiger partial charge in [-0.25, -0.2) is 0 Å². The van der Waals surface area contributed by atoms with E-state index in [-0.39, 0.29) is 6.04 Å². The fraction of sp³-hybridized carbons (Fsp3) is 1.00. The summed E-state index contributed by atoms with van der Waals surface area (Å²) in [6.45, 7) is 10.6. The van der Waals surface area contributed by atoms with Crippen LogP contribution in [0.15, 0.2) is 0 Å². The zero-order chi connectivity index (χ0) is 14.5. The number of hydrogen-bond donors (Lipinski definition) is 1. The molecule has 0 bridgehead atoms. The van der Waals surface area contributed by atoms with Gasteiger partial charge in [-0.15, -0.1) is 0 Å². The highest BCUT2D eigenvalue weighted by Gasteiger charge is 2.21. The van der Waals surface area contributed by atoms with Crippen molar-refractivity contribution in [3.05, 3.63) is 0 Å². The van der Waals surface area contributed by atoms with E-state index in [2.05, 4.69) is 13.8 Å². The Morgan fingerprint density at radius 1 is 1.16 bits per heavy atom. The molecule has 1 unspecified atom stereocenters. The van der Waals surface area contributed by atoms with Gasteiger partial charge in [0.15, 0.2) is 0 Å². The van der Waals surface area contributed by atoms with Gasteiger partial charge in [-0.3, -0.25) is 0 Å². The fourth-order valence-electron chi connectivity index (χ4n) is 2.77. The largest absolute Gasteiger partial charge is 0.378 e. The average Bonchev–Trinajstić information content (AvgIpc) is 2.44. The van der Waals surface area contributed by atoms with Crippen LogP contribution in [0.25, 0.3) is 0 Å². The van der Waals surface area contributed by atoms with E-state index in [0.29, 0.717) is 19.8 Å². The molecule has 1 saturated heterocycles. The summed E-state index contributed by atoms with van der Waals surface area (Å²) in [5.41, 5.74) is 0. The molecule has 0 saturated carbocycles. The highest BCUT2D eigenvalue weighted by atomic mass is 16.5. The first kappa shape index (κ1) is 18.9. The normalized spacial score (nSPS) is 20.2. The van der Waals surface area contributed by atoms with Gasteiger partial charge in [-0.2, -0.15) is 5.06 Å². The monoisotopic (exact) mass is 273 g/mol. The highest BCUT2D eigenvalue weighted by Crippen LogP contribution is 2.22. The third-order valence-electron chi connectivity index (χ3n) is 3.74. The molecule has 1 heterocycles. The lowest BCUT2D eigenvalue weighted by atomic mass is 9.92. The van der Waals surface area contributed by atoms with Crippen molar-refractivity contribution in [1.29, 1.82) is 0 Å². The maximum Gasteiger partial charge on any atom is 0.0645 e. The third-order valence-corrected chi connectivity index (χ3v) is 3.74. The third kappa shape index (κ3) is 8.61. The van der Waals surface area contributed by atoms with Gasteiger partial charge >= 0.3 is 0 Å².